The number of rotatable bonds is 10. The number of aryl methyl sites for hydroxylation is 1. The lowest BCUT2D eigenvalue weighted by Gasteiger charge is -2.22. The summed E-state index contributed by atoms with van der Waals surface area (Å²) in [5.74, 6) is 0.574. The molecule has 0 saturated carbocycles. The lowest BCUT2D eigenvalue weighted by atomic mass is 10.1. The molecule has 0 aromatic carbocycles. The highest BCUT2D eigenvalue weighted by atomic mass is 28.3. The Morgan fingerprint density at radius 1 is 1.07 bits per heavy atom. The van der Waals surface area contributed by atoms with Gasteiger partial charge in [-0.05, 0) is 64.9 Å². The van der Waals surface area contributed by atoms with Crippen molar-refractivity contribution in [3.63, 3.8) is 0 Å². The Labute approximate surface area is 257 Å². The Morgan fingerprint density at radius 3 is 2.57 bits per heavy atom. The first-order valence-electron chi connectivity index (χ1n) is 14.6. The van der Waals surface area contributed by atoms with Crippen LogP contribution in [0, 0.1) is 6.92 Å². The minimum absolute atomic E-state index is 0.228. The molecule has 5 aromatic heterocycles. The topological polar surface area (TPSA) is 131 Å². The van der Waals surface area contributed by atoms with E-state index in [0.717, 1.165) is 28.2 Å². The molecule has 0 aliphatic rings. The van der Waals surface area contributed by atoms with Crippen LogP contribution in [0.15, 0.2) is 49.1 Å². The quantitative estimate of drug-likeness (QED) is 0.135. The molecule has 0 radical (unpaired) electrons. The predicted molar refractivity (Wildman–Crippen MR) is 172 cm³/mol. The molecule has 1 N–H and O–H groups in total. The minimum Gasteiger partial charge on any atom is -0.480 e. The van der Waals surface area contributed by atoms with Crippen molar-refractivity contribution < 1.29 is 19.0 Å². The predicted octanol–water partition coefficient (Wildman–Crippen LogP) is 6.67. The zero-order chi connectivity index (χ0) is 31.6. The van der Waals surface area contributed by atoms with Gasteiger partial charge in [-0.2, -0.15) is 10.2 Å². The number of carbonyl (C=O) groups excluding carboxylic acids is 1. The van der Waals surface area contributed by atoms with Gasteiger partial charge in [0.1, 0.15) is 24.1 Å². The third kappa shape index (κ3) is 7.58. The average molecular weight is 617 g/mol. The zero-order valence-corrected chi connectivity index (χ0v) is 27.6. The average Bonchev–Trinajstić information content (AvgIpc) is 3.59. The highest BCUT2D eigenvalue weighted by Gasteiger charge is 2.24. The second-order valence-corrected chi connectivity index (χ2v) is 18.6. The molecule has 13 heteroatoms. The number of nitrogens with zero attached hydrogens (tertiary/aromatic N) is 7. The van der Waals surface area contributed by atoms with Gasteiger partial charge in [-0.15, -0.1) is 0 Å². The van der Waals surface area contributed by atoms with E-state index in [1.165, 1.54) is 0 Å². The van der Waals surface area contributed by atoms with Crippen LogP contribution >= 0.6 is 0 Å². The molecule has 1 atom stereocenters. The third-order valence-electron chi connectivity index (χ3n) is 6.69. The number of fused-ring (bicyclic) bond motifs is 2. The fourth-order valence-corrected chi connectivity index (χ4v) is 5.26. The third-order valence-corrected chi connectivity index (χ3v) is 8.39. The number of hydrogen-bond acceptors (Lipinski definition) is 9. The van der Waals surface area contributed by atoms with E-state index in [1.807, 2.05) is 38.2 Å². The molecule has 0 spiro atoms. The summed E-state index contributed by atoms with van der Waals surface area (Å²) in [4.78, 5) is 26.9. The molecule has 0 fully saturated rings. The van der Waals surface area contributed by atoms with Crippen molar-refractivity contribution in [1.29, 1.82) is 0 Å². The summed E-state index contributed by atoms with van der Waals surface area (Å²) in [6.45, 7) is 17.1. The lowest BCUT2D eigenvalue weighted by molar-refractivity contribution is 0.0634. The van der Waals surface area contributed by atoms with Crippen LogP contribution in [0.25, 0.3) is 27.6 Å². The molecule has 5 heterocycles. The first-order chi connectivity index (χ1) is 20.8. The second-order valence-electron chi connectivity index (χ2n) is 13.0. The van der Waals surface area contributed by atoms with Gasteiger partial charge >= 0.3 is 6.09 Å². The SMILES string of the molecule is Cc1cc2nc(NC(=O)OC(C)(C)C)c(O[C@@H](C)c3nc4c(cnn4COCC[Si](C)(C)C)cc3-n3cccn3)cc2cn1. The van der Waals surface area contributed by atoms with E-state index in [0.29, 0.717) is 35.9 Å². The number of aromatic nitrogens is 7. The van der Waals surface area contributed by atoms with E-state index in [9.17, 15) is 4.79 Å². The molecule has 0 bridgehead atoms. The number of ether oxygens (including phenoxy) is 3. The lowest BCUT2D eigenvalue weighted by Crippen LogP contribution is -2.27. The van der Waals surface area contributed by atoms with E-state index < -0.39 is 25.9 Å². The Balaban J connectivity index is 1.51. The van der Waals surface area contributed by atoms with E-state index in [2.05, 4.69) is 40.1 Å². The van der Waals surface area contributed by atoms with Crippen molar-refractivity contribution in [2.24, 2.45) is 0 Å². The molecule has 0 aliphatic carbocycles. The summed E-state index contributed by atoms with van der Waals surface area (Å²) >= 11 is 0. The maximum atomic E-state index is 12.8. The van der Waals surface area contributed by atoms with Crippen molar-refractivity contribution in [3.05, 3.63) is 60.4 Å². The molecular weight excluding hydrogens is 576 g/mol. The van der Waals surface area contributed by atoms with Gasteiger partial charge in [0.2, 0.25) is 0 Å². The van der Waals surface area contributed by atoms with Crippen LogP contribution in [0.3, 0.4) is 0 Å². The number of hydrogen-bond donors (Lipinski definition) is 1. The molecule has 232 valence electrons. The van der Waals surface area contributed by atoms with Gasteiger partial charge in [-0.3, -0.25) is 10.3 Å². The summed E-state index contributed by atoms with van der Waals surface area (Å²) in [7, 11) is -1.22. The van der Waals surface area contributed by atoms with Crippen LogP contribution < -0.4 is 10.1 Å². The van der Waals surface area contributed by atoms with Gasteiger partial charge in [-0.25, -0.2) is 24.1 Å². The van der Waals surface area contributed by atoms with E-state index >= 15 is 0 Å². The molecule has 12 nitrogen and oxygen atoms in total. The standard InChI is InChI=1S/C31H40N8O4Si/c1-20-14-24-22(17-32-20)16-26(28(35-24)37-30(40)43-31(3,4)5)42-21(2)27-25(38-11-9-10-33-38)15-23-18-34-39(29(23)36-27)19-41-12-13-44(6,7)8/h9-11,14-18,21H,12-13,19H2,1-8H3,(H,35,37,40)/t21-/m0/s1. The summed E-state index contributed by atoms with van der Waals surface area (Å²) in [6, 6.07) is 8.55. The van der Waals surface area contributed by atoms with Crippen LogP contribution in [-0.4, -0.2) is 60.9 Å². The molecule has 0 aliphatic heterocycles. The largest absolute Gasteiger partial charge is 0.480 e. The Kier molecular flexibility index (Phi) is 8.70. The monoisotopic (exact) mass is 616 g/mol. The Bertz CT molecular complexity index is 1770. The summed E-state index contributed by atoms with van der Waals surface area (Å²) < 4.78 is 21.5. The van der Waals surface area contributed by atoms with Gasteiger partial charge in [-0.1, -0.05) is 19.6 Å². The van der Waals surface area contributed by atoms with E-state index in [-0.39, 0.29) is 5.82 Å². The molecule has 1 amide bonds. The number of nitrogens with one attached hydrogen (secondary N) is 1. The fourth-order valence-electron chi connectivity index (χ4n) is 4.50. The van der Waals surface area contributed by atoms with Crippen molar-refractivity contribution in [3.8, 4) is 11.4 Å². The number of anilines is 1. The number of carbonyl (C=O) groups is 1. The first-order valence-corrected chi connectivity index (χ1v) is 18.3. The molecule has 44 heavy (non-hydrogen) atoms. The molecule has 0 unspecified atom stereocenters. The molecule has 5 rings (SSSR count). The molecule has 0 saturated heterocycles. The van der Waals surface area contributed by atoms with Crippen LogP contribution in [0.1, 0.15) is 45.2 Å². The highest BCUT2D eigenvalue weighted by Crippen LogP contribution is 2.34. The Hall–Kier alpha value is -4.36. The van der Waals surface area contributed by atoms with Crippen LogP contribution in [0.2, 0.25) is 25.7 Å². The smallest absolute Gasteiger partial charge is 0.413 e. The molecule has 5 aromatic rings. The van der Waals surface area contributed by atoms with Crippen LogP contribution in [0.4, 0.5) is 10.6 Å². The van der Waals surface area contributed by atoms with Gasteiger partial charge in [0.25, 0.3) is 0 Å². The van der Waals surface area contributed by atoms with Crippen molar-refractivity contribution in [1.82, 2.24) is 34.5 Å². The van der Waals surface area contributed by atoms with Crippen LogP contribution in [0.5, 0.6) is 5.75 Å². The van der Waals surface area contributed by atoms with Crippen molar-refractivity contribution in [2.45, 2.75) is 78.7 Å². The van der Waals surface area contributed by atoms with Gasteiger partial charge in [0.15, 0.2) is 17.2 Å². The van der Waals surface area contributed by atoms with Crippen molar-refractivity contribution >= 4 is 41.9 Å². The van der Waals surface area contributed by atoms with Gasteiger partial charge in [0.05, 0.1) is 17.4 Å². The summed E-state index contributed by atoms with van der Waals surface area (Å²) in [6.07, 6.45) is 5.84. The van der Waals surface area contributed by atoms with Gasteiger partial charge in [0, 0.05) is 49.7 Å². The highest BCUT2D eigenvalue weighted by molar-refractivity contribution is 6.76. The summed E-state index contributed by atoms with van der Waals surface area (Å²) in [5, 5.41) is 13.4. The number of pyridine rings is 3. The fraction of sp³-hybridized carbons (Fsp3) is 0.419. The number of amides is 1. The minimum atomic E-state index is -1.22. The van der Waals surface area contributed by atoms with Crippen molar-refractivity contribution in [2.75, 3.05) is 11.9 Å². The summed E-state index contributed by atoms with van der Waals surface area (Å²) in [5.41, 5.74) is 2.81. The van der Waals surface area contributed by atoms with E-state index in [1.54, 1.807) is 54.8 Å². The zero-order valence-electron chi connectivity index (χ0n) is 26.6. The first kappa shape index (κ1) is 31.1. The second kappa shape index (κ2) is 12.3. The van der Waals surface area contributed by atoms with Gasteiger partial charge < -0.3 is 14.2 Å². The Morgan fingerprint density at radius 2 is 1.86 bits per heavy atom. The maximum absolute atomic E-state index is 12.8. The molecular formula is C31H40N8O4Si. The maximum Gasteiger partial charge on any atom is 0.413 e. The van der Waals surface area contributed by atoms with Crippen LogP contribution in [-0.2, 0) is 16.2 Å². The normalized spacial score (nSPS) is 12.9. The van der Waals surface area contributed by atoms with E-state index in [4.69, 9.17) is 24.2 Å².